The highest BCUT2D eigenvalue weighted by atomic mass is 16.6. The molecule has 2 rings (SSSR count). The summed E-state index contributed by atoms with van der Waals surface area (Å²) < 4.78 is 0. The second-order valence-electron chi connectivity index (χ2n) is 4.58. The highest BCUT2D eigenvalue weighted by Gasteiger charge is 2.27. The highest BCUT2D eigenvalue weighted by Crippen LogP contribution is 2.29. The summed E-state index contributed by atoms with van der Waals surface area (Å²) in [5.74, 6) is -0.428. The molecule has 0 N–H and O–H groups in total. The zero-order valence-electron chi connectivity index (χ0n) is 11.3. The number of fused-ring (bicyclic) bond motifs is 1. The van der Waals surface area contributed by atoms with E-state index < -0.39 is 4.92 Å². The fourth-order valence-corrected chi connectivity index (χ4v) is 2.26. The number of hydrogen-bond acceptors (Lipinski definition) is 4. The maximum absolute atomic E-state index is 12.2. The summed E-state index contributed by atoms with van der Waals surface area (Å²) in [6.07, 6.45) is 0. The van der Waals surface area contributed by atoms with Crippen LogP contribution in [0.15, 0.2) is 18.2 Å². The molecule has 0 unspecified atom stereocenters. The van der Waals surface area contributed by atoms with Crippen molar-refractivity contribution in [1.29, 1.82) is 0 Å². The molecule has 1 aromatic rings. The molecule has 0 saturated carbocycles. The summed E-state index contributed by atoms with van der Waals surface area (Å²) in [6, 6.07) is 4.38. The topological polar surface area (TPSA) is 83.8 Å². The minimum absolute atomic E-state index is 0.00828. The van der Waals surface area contributed by atoms with Crippen LogP contribution in [0.25, 0.3) is 0 Å². The van der Waals surface area contributed by atoms with E-state index in [-0.39, 0.29) is 30.6 Å². The Labute approximate surface area is 115 Å². The fourth-order valence-electron chi connectivity index (χ4n) is 2.26. The summed E-state index contributed by atoms with van der Waals surface area (Å²) in [7, 11) is 0. The Morgan fingerprint density at radius 1 is 1.40 bits per heavy atom. The largest absolute Gasteiger partial charge is 0.329 e. The first kappa shape index (κ1) is 14.0. The minimum atomic E-state index is -0.494. The molecule has 0 radical (unpaired) electrons. The van der Waals surface area contributed by atoms with Crippen molar-refractivity contribution in [3.63, 3.8) is 0 Å². The van der Waals surface area contributed by atoms with Gasteiger partial charge in [-0.05, 0) is 18.6 Å². The molecule has 0 fully saturated rings. The Morgan fingerprint density at radius 3 is 2.65 bits per heavy atom. The lowest BCUT2D eigenvalue weighted by Gasteiger charge is -2.20. The molecule has 1 aliphatic heterocycles. The number of nitro groups is 1. The average molecular weight is 277 g/mol. The maximum atomic E-state index is 12.2. The van der Waals surface area contributed by atoms with Crippen LogP contribution in [-0.4, -0.2) is 34.7 Å². The highest BCUT2D eigenvalue weighted by molar-refractivity contribution is 5.98. The molecule has 0 atom stereocenters. The van der Waals surface area contributed by atoms with Crippen LogP contribution < -0.4 is 4.90 Å². The van der Waals surface area contributed by atoms with Crippen molar-refractivity contribution >= 4 is 23.2 Å². The zero-order chi connectivity index (χ0) is 14.9. The van der Waals surface area contributed by atoms with Crippen LogP contribution >= 0.6 is 0 Å². The van der Waals surface area contributed by atoms with Crippen LogP contribution in [-0.2, 0) is 16.1 Å². The number of anilines is 1. The molecule has 1 aromatic carbocycles. The standard InChI is InChI=1S/C13H15N3O4/c1-3-15-12-6-11(16(19)20)5-4-10(12)7-14(9(2)17)8-13(15)18/h4-6H,3,7-8H2,1-2H3. The van der Waals surface area contributed by atoms with Gasteiger partial charge in [0.15, 0.2) is 0 Å². The van der Waals surface area contributed by atoms with Gasteiger partial charge in [-0.25, -0.2) is 0 Å². The third-order valence-corrected chi connectivity index (χ3v) is 3.32. The number of hydrogen-bond donors (Lipinski definition) is 0. The van der Waals surface area contributed by atoms with E-state index in [1.54, 1.807) is 13.0 Å². The van der Waals surface area contributed by atoms with Crippen LogP contribution in [0.5, 0.6) is 0 Å². The molecule has 1 aliphatic rings. The van der Waals surface area contributed by atoms with Crippen LogP contribution in [0.3, 0.4) is 0 Å². The van der Waals surface area contributed by atoms with Gasteiger partial charge >= 0.3 is 0 Å². The first-order chi connectivity index (χ1) is 9.43. The number of likely N-dealkylation sites (N-methyl/N-ethyl adjacent to an activating group) is 1. The lowest BCUT2D eigenvalue weighted by Crippen LogP contribution is -2.39. The molecule has 0 aliphatic carbocycles. The summed E-state index contributed by atoms with van der Waals surface area (Å²) in [6.45, 7) is 3.87. The third kappa shape index (κ3) is 2.47. The van der Waals surface area contributed by atoms with E-state index in [2.05, 4.69) is 0 Å². The molecule has 2 amide bonds. The van der Waals surface area contributed by atoms with Gasteiger partial charge in [-0.2, -0.15) is 0 Å². The van der Waals surface area contributed by atoms with E-state index in [0.717, 1.165) is 5.56 Å². The quantitative estimate of drug-likeness (QED) is 0.602. The monoisotopic (exact) mass is 277 g/mol. The molecular weight excluding hydrogens is 262 g/mol. The van der Waals surface area contributed by atoms with E-state index in [9.17, 15) is 19.7 Å². The number of carbonyl (C=O) groups is 2. The average Bonchev–Trinajstić information content (AvgIpc) is 2.53. The molecule has 0 spiro atoms. The molecule has 0 saturated heterocycles. The molecule has 1 heterocycles. The van der Waals surface area contributed by atoms with Gasteiger partial charge in [0.05, 0.1) is 10.6 Å². The molecule has 0 bridgehead atoms. The Hall–Kier alpha value is -2.44. The third-order valence-electron chi connectivity index (χ3n) is 3.32. The molecule has 7 nitrogen and oxygen atoms in total. The van der Waals surface area contributed by atoms with E-state index in [4.69, 9.17) is 0 Å². The molecule has 0 aromatic heterocycles. The van der Waals surface area contributed by atoms with Gasteiger partial charge in [-0.1, -0.05) is 0 Å². The van der Waals surface area contributed by atoms with Crippen LogP contribution in [0.2, 0.25) is 0 Å². The first-order valence-electron chi connectivity index (χ1n) is 6.27. The number of non-ortho nitro benzene ring substituents is 1. The molecule has 106 valence electrons. The minimum Gasteiger partial charge on any atom is -0.329 e. The number of amides is 2. The van der Waals surface area contributed by atoms with Crippen molar-refractivity contribution in [2.24, 2.45) is 0 Å². The number of benzene rings is 1. The number of nitro benzene ring substituents is 1. The molecule has 20 heavy (non-hydrogen) atoms. The first-order valence-corrected chi connectivity index (χ1v) is 6.27. The Balaban J connectivity index is 2.53. The Morgan fingerprint density at radius 2 is 2.10 bits per heavy atom. The van der Waals surface area contributed by atoms with Crippen molar-refractivity contribution < 1.29 is 14.5 Å². The van der Waals surface area contributed by atoms with Gasteiger partial charge in [0, 0.05) is 32.1 Å². The summed E-state index contributed by atoms with van der Waals surface area (Å²) in [5, 5.41) is 10.9. The Kier molecular flexibility index (Phi) is 3.69. The van der Waals surface area contributed by atoms with E-state index in [1.807, 2.05) is 0 Å². The molecule has 7 heteroatoms. The predicted octanol–water partition coefficient (Wildman–Crippen LogP) is 1.31. The second-order valence-corrected chi connectivity index (χ2v) is 4.58. The summed E-state index contributed by atoms with van der Waals surface area (Å²) in [5.41, 5.74) is 1.18. The van der Waals surface area contributed by atoms with Gasteiger partial charge in [-0.3, -0.25) is 19.7 Å². The lowest BCUT2D eigenvalue weighted by molar-refractivity contribution is -0.384. The van der Waals surface area contributed by atoms with Gasteiger partial charge in [0.1, 0.15) is 6.54 Å². The van der Waals surface area contributed by atoms with E-state index in [1.165, 1.54) is 28.9 Å². The number of carbonyl (C=O) groups excluding carboxylic acids is 2. The Bertz CT molecular complexity index is 585. The summed E-state index contributed by atoms with van der Waals surface area (Å²) in [4.78, 5) is 37.0. The lowest BCUT2D eigenvalue weighted by atomic mass is 10.1. The van der Waals surface area contributed by atoms with Crippen molar-refractivity contribution in [3.8, 4) is 0 Å². The second kappa shape index (κ2) is 5.28. The van der Waals surface area contributed by atoms with E-state index in [0.29, 0.717) is 12.2 Å². The smallest absolute Gasteiger partial charge is 0.271 e. The zero-order valence-corrected chi connectivity index (χ0v) is 11.3. The van der Waals surface area contributed by atoms with Crippen molar-refractivity contribution in [2.75, 3.05) is 18.0 Å². The SMILES string of the molecule is CCN1C(=O)CN(C(C)=O)Cc2ccc([N+](=O)[O-])cc21. The van der Waals surface area contributed by atoms with Crippen LogP contribution in [0, 0.1) is 10.1 Å². The van der Waals surface area contributed by atoms with Gasteiger partial charge in [-0.15, -0.1) is 0 Å². The van der Waals surface area contributed by atoms with Gasteiger partial charge < -0.3 is 9.80 Å². The normalized spacial score (nSPS) is 14.8. The van der Waals surface area contributed by atoms with E-state index >= 15 is 0 Å². The van der Waals surface area contributed by atoms with Gasteiger partial charge in [0.2, 0.25) is 11.8 Å². The number of rotatable bonds is 2. The predicted molar refractivity (Wildman–Crippen MR) is 72.2 cm³/mol. The summed E-state index contributed by atoms with van der Waals surface area (Å²) >= 11 is 0. The van der Waals surface area contributed by atoms with Crippen molar-refractivity contribution in [2.45, 2.75) is 20.4 Å². The van der Waals surface area contributed by atoms with Crippen LogP contribution in [0.4, 0.5) is 11.4 Å². The van der Waals surface area contributed by atoms with Gasteiger partial charge in [0.25, 0.3) is 5.69 Å². The fraction of sp³-hybridized carbons (Fsp3) is 0.385. The van der Waals surface area contributed by atoms with Crippen LogP contribution in [0.1, 0.15) is 19.4 Å². The van der Waals surface area contributed by atoms with Crippen molar-refractivity contribution in [1.82, 2.24) is 4.90 Å². The molecular formula is C13H15N3O4. The maximum Gasteiger partial charge on any atom is 0.271 e. The number of nitrogens with zero attached hydrogens (tertiary/aromatic N) is 3. The van der Waals surface area contributed by atoms with Crippen molar-refractivity contribution in [3.05, 3.63) is 33.9 Å².